The van der Waals surface area contributed by atoms with Crippen LogP contribution in [0.1, 0.15) is 65.7 Å². The van der Waals surface area contributed by atoms with Gasteiger partial charge in [-0.3, -0.25) is 0 Å². The first-order chi connectivity index (χ1) is 7.76. The molecule has 98 valence electrons. The van der Waals surface area contributed by atoms with E-state index in [0.717, 1.165) is 25.9 Å². The van der Waals surface area contributed by atoms with Crippen LogP contribution in [0.15, 0.2) is 0 Å². The van der Waals surface area contributed by atoms with Gasteiger partial charge in [-0.25, -0.2) is 0 Å². The molecule has 2 N–H and O–H groups in total. The molecule has 0 aromatic carbocycles. The summed E-state index contributed by atoms with van der Waals surface area (Å²) in [4.78, 5) is 0. The molecule has 0 amide bonds. The molecule has 16 heavy (non-hydrogen) atoms. The fraction of sp³-hybridized carbons (Fsp3) is 1.00. The highest BCUT2D eigenvalue weighted by molar-refractivity contribution is 4.68. The Balaban J connectivity index is 3.30. The largest absolute Gasteiger partial charge is 0.392 e. The first-order valence-electron chi connectivity index (χ1n) is 7.14. The van der Waals surface area contributed by atoms with Gasteiger partial charge in [-0.05, 0) is 18.9 Å². The van der Waals surface area contributed by atoms with Crippen LogP contribution in [0.5, 0.6) is 0 Å². The molecule has 0 saturated carbocycles. The Kier molecular flexibility index (Phi) is 11.3. The first kappa shape index (κ1) is 15.9. The van der Waals surface area contributed by atoms with E-state index < -0.39 is 0 Å². The van der Waals surface area contributed by atoms with E-state index in [1.807, 2.05) is 0 Å². The van der Waals surface area contributed by atoms with Gasteiger partial charge >= 0.3 is 0 Å². The van der Waals surface area contributed by atoms with Crippen molar-refractivity contribution in [1.82, 2.24) is 5.32 Å². The van der Waals surface area contributed by atoms with Gasteiger partial charge in [0.05, 0.1) is 6.10 Å². The van der Waals surface area contributed by atoms with E-state index in [4.69, 9.17) is 0 Å². The Hall–Kier alpha value is -0.0800. The molecule has 0 aliphatic rings. The molecule has 2 heteroatoms. The lowest BCUT2D eigenvalue weighted by atomic mass is 9.96. The van der Waals surface area contributed by atoms with Gasteiger partial charge in [-0.15, -0.1) is 0 Å². The monoisotopic (exact) mass is 229 g/mol. The highest BCUT2D eigenvalue weighted by Gasteiger charge is 2.14. The summed E-state index contributed by atoms with van der Waals surface area (Å²) in [6.45, 7) is 8.37. The molecule has 0 aromatic heterocycles. The van der Waals surface area contributed by atoms with Crippen molar-refractivity contribution in [2.24, 2.45) is 5.92 Å². The third kappa shape index (κ3) is 8.12. The molecule has 0 saturated heterocycles. The topological polar surface area (TPSA) is 32.3 Å². The van der Waals surface area contributed by atoms with E-state index in [0.29, 0.717) is 5.92 Å². The number of nitrogens with one attached hydrogen (secondary N) is 1. The molecule has 0 radical (unpaired) electrons. The lowest BCUT2D eigenvalue weighted by molar-refractivity contribution is 0.102. The highest BCUT2D eigenvalue weighted by Crippen LogP contribution is 2.12. The van der Waals surface area contributed by atoms with Crippen molar-refractivity contribution < 1.29 is 5.11 Å². The van der Waals surface area contributed by atoms with Gasteiger partial charge in [-0.1, -0.05) is 59.3 Å². The van der Waals surface area contributed by atoms with Crippen molar-refractivity contribution in [2.75, 3.05) is 13.1 Å². The molecule has 0 rings (SSSR count). The van der Waals surface area contributed by atoms with Crippen molar-refractivity contribution in [3.05, 3.63) is 0 Å². The van der Waals surface area contributed by atoms with E-state index in [-0.39, 0.29) is 6.10 Å². The number of hydrogen-bond acceptors (Lipinski definition) is 2. The van der Waals surface area contributed by atoms with E-state index in [1.165, 1.54) is 32.1 Å². The second-order valence-corrected chi connectivity index (χ2v) is 4.76. The third-order valence-electron chi connectivity index (χ3n) is 3.40. The molecule has 1 atom stereocenters. The Morgan fingerprint density at radius 1 is 0.938 bits per heavy atom. The highest BCUT2D eigenvalue weighted by atomic mass is 16.3. The summed E-state index contributed by atoms with van der Waals surface area (Å²) in [6, 6.07) is 0. The van der Waals surface area contributed by atoms with Gasteiger partial charge in [0.1, 0.15) is 0 Å². The standard InChI is InChI=1S/C14H31NO/c1-4-7-8-9-10-11-15-12-14(16)13(5-2)6-3/h13-16H,4-12H2,1-3H3. The minimum Gasteiger partial charge on any atom is -0.392 e. The fourth-order valence-electron chi connectivity index (χ4n) is 2.10. The third-order valence-corrected chi connectivity index (χ3v) is 3.40. The molecule has 0 aliphatic heterocycles. The summed E-state index contributed by atoms with van der Waals surface area (Å²) >= 11 is 0. The first-order valence-corrected chi connectivity index (χ1v) is 7.14. The van der Waals surface area contributed by atoms with Crippen LogP contribution in [-0.4, -0.2) is 24.3 Å². The maximum Gasteiger partial charge on any atom is 0.0692 e. The Morgan fingerprint density at radius 3 is 2.12 bits per heavy atom. The van der Waals surface area contributed by atoms with Crippen LogP contribution in [0, 0.1) is 5.92 Å². The van der Waals surface area contributed by atoms with Crippen LogP contribution in [0.25, 0.3) is 0 Å². The van der Waals surface area contributed by atoms with Gasteiger partial charge in [0.25, 0.3) is 0 Å². The van der Waals surface area contributed by atoms with Gasteiger partial charge in [0.15, 0.2) is 0 Å². The predicted octanol–water partition coefficient (Wildman–Crippen LogP) is 3.34. The zero-order valence-electron chi connectivity index (χ0n) is 11.5. The summed E-state index contributed by atoms with van der Waals surface area (Å²) in [5.41, 5.74) is 0. The zero-order valence-corrected chi connectivity index (χ0v) is 11.5. The van der Waals surface area contributed by atoms with Crippen LogP contribution in [-0.2, 0) is 0 Å². The molecule has 1 unspecified atom stereocenters. The number of unbranched alkanes of at least 4 members (excludes halogenated alkanes) is 4. The van der Waals surface area contributed by atoms with E-state index >= 15 is 0 Å². The molecule has 0 bridgehead atoms. The lowest BCUT2D eigenvalue weighted by Gasteiger charge is -2.20. The average Bonchev–Trinajstić information content (AvgIpc) is 2.29. The number of hydrogen-bond donors (Lipinski definition) is 2. The normalized spacial score (nSPS) is 13.3. The van der Waals surface area contributed by atoms with Crippen molar-refractivity contribution in [1.29, 1.82) is 0 Å². The Labute approximate surface area is 102 Å². The minimum absolute atomic E-state index is 0.161. The van der Waals surface area contributed by atoms with Crippen molar-refractivity contribution in [2.45, 2.75) is 71.8 Å². The molecule has 0 spiro atoms. The zero-order chi connectivity index (χ0) is 12.2. The summed E-state index contributed by atoms with van der Waals surface area (Å²) in [5, 5.41) is 13.2. The second kappa shape index (κ2) is 11.4. The Morgan fingerprint density at radius 2 is 1.56 bits per heavy atom. The van der Waals surface area contributed by atoms with Crippen molar-refractivity contribution in [3.8, 4) is 0 Å². The summed E-state index contributed by atoms with van der Waals surface area (Å²) in [7, 11) is 0. The fourth-order valence-corrected chi connectivity index (χ4v) is 2.10. The van der Waals surface area contributed by atoms with Gasteiger partial charge in [0.2, 0.25) is 0 Å². The molecular weight excluding hydrogens is 198 g/mol. The predicted molar refractivity (Wildman–Crippen MR) is 71.7 cm³/mol. The second-order valence-electron chi connectivity index (χ2n) is 4.76. The maximum absolute atomic E-state index is 9.89. The van der Waals surface area contributed by atoms with Crippen LogP contribution < -0.4 is 5.32 Å². The van der Waals surface area contributed by atoms with Crippen LogP contribution in [0.3, 0.4) is 0 Å². The smallest absolute Gasteiger partial charge is 0.0692 e. The Bertz CT molecular complexity index is 135. The summed E-state index contributed by atoms with van der Waals surface area (Å²) in [5.74, 6) is 0.465. The van der Waals surface area contributed by atoms with Crippen LogP contribution >= 0.6 is 0 Å². The molecule has 0 aliphatic carbocycles. The summed E-state index contributed by atoms with van der Waals surface area (Å²) in [6.07, 6.45) is 8.58. The number of aliphatic hydroxyl groups is 1. The lowest BCUT2D eigenvalue weighted by Crippen LogP contribution is -2.33. The molecule has 0 heterocycles. The number of rotatable bonds is 11. The summed E-state index contributed by atoms with van der Waals surface area (Å²) < 4.78 is 0. The van der Waals surface area contributed by atoms with Gasteiger partial charge in [0, 0.05) is 6.54 Å². The quantitative estimate of drug-likeness (QED) is 0.533. The number of aliphatic hydroxyl groups excluding tert-OH is 1. The van der Waals surface area contributed by atoms with Crippen LogP contribution in [0.2, 0.25) is 0 Å². The van der Waals surface area contributed by atoms with E-state index in [1.54, 1.807) is 0 Å². The molecule has 0 aromatic rings. The van der Waals surface area contributed by atoms with Crippen molar-refractivity contribution in [3.63, 3.8) is 0 Å². The van der Waals surface area contributed by atoms with Gasteiger partial charge in [-0.2, -0.15) is 0 Å². The van der Waals surface area contributed by atoms with Crippen LogP contribution in [0.4, 0.5) is 0 Å². The SMILES string of the molecule is CCCCCCCNCC(O)C(CC)CC. The minimum atomic E-state index is -0.161. The van der Waals surface area contributed by atoms with E-state index in [2.05, 4.69) is 26.1 Å². The van der Waals surface area contributed by atoms with Gasteiger partial charge < -0.3 is 10.4 Å². The molecular formula is C14H31NO. The molecule has 0 fully saturated rings. The van der Waals surface area contributed by atoms with Crippen molar-refractivity contribution >= 4 is 0 Å². The molecule has 2 nitrogen and oxygen atoms in total. The van der Waals surface area contributed by atoms with E-state index in [9.17, 15) is 5.11 Å². The maximum atomic E-state index is 9.89. The average molecular weight is 229 g/mol.